The van der Waals surface area contributed by atoms with E-state index in [1.165, 1.54) is 4.57 Å². The van der Waals surface area contributed by atoms with Crippen LogP contribution in [-0.2, 0) is 26.1 Å². The van der Waals surface area contributed by atoms with E-state index in [-0.39, 0.29) is 11.6 Å². The van der Waals surface area contributed by atoms with Crippen LogP contribution in [0, 0.1) is 0 Å². The molecule has 4 aromatic rings. The van der Waals surface area contributed by atoms with Crippen LogP contribution in [0.1, 0.15) is 17.0 Å². The number of aromatic amines is 1. The molecular formula is C18H17N5O2. The van der Waals surface area contributed by atoms with Crippen molar-refractivity contribution in [3.8, 4) is 5.88 Å². The van der Waals surface area contributed by atoms with E-state index >= 15 is 0 Å². The molecule has 2 N–H and O–H groups in total. The highest BCUT2D eigenvalue weighted by Crippen LogP contribution is 2.32. The van der Waals surface area contributed by atoms with E-state index in [1.807, 2.05) is 29.0 Å². The molecular weight excluding hydrogens is 318 g/mol. The number of hydrogen-bond acceptors (Lipinski definition) is 3. The Morgan fingerprint density at radius 1 is 1.24 bits per heavy atom. The van der Waals surface area contributed by atoms with Crippen molar-refractivity contribution in [2.45, 2.75) is 26.1 Å². The summed E-state index contributed by atoms with van der Waals surface area (Å²) >= 11 is 0. The van der Waals surface area contributed by atoms with Crippen molar-refractivity contribution in [2.75, 3.05) is 0 Å². The largest absolute Gasteiger partial charge is 0.493 e. The zero-order valence-electron chi connectivity index (χ0n) is 13.5. The molecule has 0 radical (unpaired) electrons. The Hall–Kier alpha value is -3.22. The number of benzene rings is 1. The number of nitrogens with zero attached hydrogens (tertiary/aromatic N) is 4. The normalized spacial score (nSPS) is 13.1. The molecule has 0 atom stereocenters. The second-order valence-electron chi connectivity index (χ2n) is 6.40. The van der Waals surface area contributed by atoms with Crippen molar-refractivity contribution < 1.29 is 5.11 Å². The molecule has 7 heteroatoms. The fourth-order valence-electron chi connectivity index (χ4n) is 3.72. The molecule has 0 unspecified atom stereocenters. The number of aromatic hydroxyl groups is 1. The van der Waals surface area contributed by atoms with Crippen LogP contribution in [0.15, 0.2) is 47.8 Å². The molecule has 1 aromatic carbocycles. The van der Waals surface area contributed by atoms with Gasteiger partial charge >= 0.3 is 5.69 Å². The average Bonchev–Trinajstić information content (AvgIpc) is 3.31. The lowest BCUT2D eigenvalue weighted by Gasteiger charge is -2.14. The predicted octanol–water partition coefficient (Wildman–Crippen LogP) is 1.69. The van der Waals surface area contributed by atoms with E-state index in [2.05, 4.69) is 16.0 Å². The molecule has 126 valence electrons. The van der Waals surface area contributed by atoms with Crippen molar-refractivity contribution >= 4 is 10.9 Å². The van der Waals surface area contributed by atoms with Crippen molar-refractivity contribution in [3.63, 3.8) is 0 Å². The van der Waals surface area contributed by atoms with Crippen LogP contribution >= 0.6 is 0 Å². The fourth-order valence-corrected chi connectivity index (χ4v) is 3.72. The molecule has 1 aliphatic rings. The molecule has 7 nitrogen and oxygen atoms in total. The van der Waals surface area contributed by atoms with Gasteiger partial charge in [-0.2, -0.15) is 0 Å². The molecule has 0 aliphatic carbocycles. The molecule has 5 rings (SSSR count). The first-order valence-corrected chi connectivity index (χ1v) is 8.27. The molecule has 25 heavy (non-hydrogen) atoms. The zero-order chi connectivity index (χ0) is 17.0. The van der Waals surface area contributed by atoms with Crippen molar-refractivity contribution in [2.24, 2.45) is 0 Å². The number of rotatable bonds is 3. The summed E-state index contributed by atoms with van der Waals surface area (Å²) in [6.45, 7) is 1.46. The number of fused-ring (bicyclic) bond motifs is 4. The molecule has 4 heterocycles. The van der Waals surface area contributed by atoms with Gasteiger partial charge in [-0.3, -0.25) is 9.13 Å². The van der Waals surface area contributed by atoms with Crippen LogP contribution in [0.3, 0.4) is 0 Å². The summed E-state index contributed by atoms with van der Waals surface area (Å²) in [5.74, 6) is 0.0704. The lowest BCUT2D eigenvalue weighted by molar-refractivity contribution is 0.399. The van der Waals surface area contributed by atoms with Crippen molar-refractivity contribution in [1.82, 2.24) is 23.7 Å². The van der Waals surface area contributed by atoms with Gasteiger partial charge in [0.25, 0.3) is 0 Å². The number of nitrogens with one attached hydrogen (secondary N) is 1. The van der Waals surface area contributed by atoms with E-state index < -0.39 is 0 Å². The first-order valence-electron chi connectivity index (χ1n) is 8.27. The Labute approximate surface area is 142 Å². The van der Waals surface area contributed by atoms with Gasteiger partial charge in [0.1, 0.15) is 0 Å². The Bertz CT molecular complexity index is 1130. The molecule has 0 bridgehead atoms. The maximum Gasteiger partial charge on any atom is 0.331 e. The van der Waals surface area contributed by atoms with Gasteiger partial charge in [-0.1, -0.05) is 18.2 Å². The minimum absolute atomic E-state index is 0.0704. The van der Waals surface area contributed by atoms with Gasteiger partial charge in [-0.15, -0.1) is 0 Å². The number of imidazole rings is 2. The van der Waals surface area contributed by atoms with Crippen molar-refractivity contribution in [1.29, 1.82) is 0 Å². The van der Waals surface area contributed by atoms with Crippen LogP contribution in [0.4, 0.5) is 0 Å². The van der Waals surface area contributed by atoms with Gasteiger partial charge in [0.2, 0.25) is 5.88 Å². The van der Waals surface area contributed by atoms with Crippen LogP contribution in [0.25, 0.3) is 10.9 Å². The number of para-hydroxylation sites is 1. The average molecular weight is 335 g/mol. The van der Waals surface area contributed by atoms with Gasteiger partial charge in [0.15, 0.2) is 0 Å². The van der Waals surface area contributed by atoms with Gasteiger partial charge in [-0.05, 0) is 11.6 Å². The van der Waals surface area contributed by atoms with Crippen LogP contribution in [0.5, 0.6) is 5.88 Å². The third-order valence-electron chi connectivity index (χ3n) is 5.00. The fraction of sp³-hybridized carbons (Fsp3) is 0.222. The molecule has 0 fully saturated rings. The summed E-state index contributed by atoms with van der Waals surface area (Å²) in [5, 5.41) is 11.8. The third kappa shape index (κ3) is 2.05. The Kier molecular flexibility index (Phi) is 2.91. The highest BCUT2D eigenvalue weighted by atomic mass is 16.3. The van der Waals surface area contributed by atoms with Gasteiger partial charge in [0.05, 0.1) is 18.6 Å². The summed E-state index contributed by atoms with van der Waals surface area (Å²) in [7, 11) is 0. The maximum absolute atomic E-state index is 12.7. The minimum Gasteiger partial charge on any atom is -0.493 e. The van der Waals surface area contributed by atoms with E-state index in [0.29, 0.717) is 31.7 Å². The molecule has 3 aromatic heterocycles. The molecule has 0 saturated carbocycles. The van der Waals surface area contributed by atoms with Crippen LogP contribution in [0.2, 0.25) is 0 Å². The monoisotopic (exact) mass is 335 g/mol. The first-order chi connectivity index (χ1) is 12.2. The van der Waals surface area contributed by atoms with E-state index in [1.54, 1.807) is 17.1 Å². The van der Waals surface area contributed by atoms with Gasteiger partial charge in [-0.25, -0.2) is 9.78 Å². The van der Waals surface area contributed by atoms with E-state index in [9.17, 15) is 9.90 Å². The highest BCUT2D eigenvalue weighted by Gasteiger charge is 2.27. The summed E-state index contributed by atoms with van der Waals surface area (Å²) in [6, 6.07) is 8.11. The standard InChI is InChI=1S/C18H17N5O2/c24-17-16-9-13-12-3-1-2-4-14(12)20-15(13)10-23(16)18(25)22(17)8-7-21-6-5-19-11-21/h1-6,11,20,24H,7-10H2. The van der Waals surface area contributed by atoms with Crippen LogP contribution < -0.4 is 5.69 Å². The number of aromatic nitrogens is 5. The van der Waals surface area contributed by atoms with Crippen molar-refractivity contribution in [3.05, 3.63) is 70.4 Å². The summed E-state index contributed by atoms with van der Waals surface area (Å²) < 4.78 is 5.00. The van der Waals surface area contributed by atoms with E-state index in [0.717, 1.165) is 22.2 Å². The summed E-state index contributed by atoms with van der Waals surface area (Å²) in [5.41, 5.74) is 3.79. The van der Waals surface area contributed by atoms with Gasteiger partial charge < -0.3 is 14.7 Å². The minimum atomic E-state index is -0.170. The number of H-pyrrole nitrogens is 1. The molecule has 0 spiro atoms. The zero-order valence-corrected chi connectivity index (χ0v) is 13.5. The third-order valence-corrected chi connectivity index (χ3v) is 5.00. The molecule has 0 saturated heterocycles. The summed E-state index contributed by atoms with van der Waals surface area (Å²) in [4.78, 5) is 20.1. The molecule has 1 aliphatic heterocycles. The summed E-state index contributed by atoms with van der Waals surface area (Å²) in [6.07, 6.45) is 5.80. The Morgan fingerprint density at radius 2 is 2.12 bits per heavy atom. The Morgan fingerprint density at radius 3 is 2.96 bits per heavy atom. The second kappa shape index (κ2) is 5.14. The molecule has 0 amide bonds. The van der Waals surface area contributed by atoms with Gasteiger partial charge in [0, 0.05) is 48.5 Å². The SMILES string of the molecule is O=c1n(CCn2ccnc2)c(O)c2n1Cc1[nH]c3ccccc3c1C2. The lowest BCUT2D eigenvalue weighted by Crippen LogP contribution is -2.28. The topological polar surface area (TPSA) is 80.8 Å². The lowest BCUT2D eigenvalue weighted by atomic mass is 10.0. The Balaban J connectivity index is 1.54. The second-order valence-corrected chi connectivity index (χ2v) is 6.40. The number of aryl methyl sites for hydroxylation is 1. The smallest absolute Gasteiger partial charge is 0.331 e. The quantitative estimate of drug-likeness (QED) is 0.526. The van der Waals surface area contributed by atoms with Crippen LogP contribution in [-0.4, -0.2) is 28.8 Å². The van der Waals surface area contributed by atoms with E-state index in [4.69, 9.17) is 0 Å². The highest BCUT2D eigenvalue weighted by molar-refractivity contribution is 5.85. The maximum atomic E-state index is 12.7. The number of hydrogen-bond donors (Lipinski definition) is 2. The predicted molar refractivity (Wildman–Crippen MR) is 92.8 cm³/mol. The first kappa shape index (κ1) is 14.2.